The molecule has 0 saturated heterocycles. The van der Waals surface area contributed by atoms with Crippen molar-refractivity contribution in [3.05, 3.63) is 42.5 Å². The molecule has 1 amide bonds. The van der Waals surface area contributed by atoms with Crippen LogP contribution in [-0.2, 0) is 11.3 Å². The van der Waals surface area contributed by atoms with E-state index in [4.69, 9.17) is 5.73 Å². The Morgan fingerprint density at radius 2 is 2.25 bits per heavy atom. The third-order valence-corrected chi connectivity index (χ3v) is 3.01. The number of nitrogen functional groups attached to an aromatic ring is 1. The van der Waals surface area contributed by atoms with Gasteiger partial charge in [-0.1, -0.05) is 19.9 Å². The van der Waals surface area contributed by atoms with Gasteiger partial charge in [0.15, 0.2) is 0 Å². The molecule has 0 fully saturated rings. The van der Waals surface area contributed by atoms with E-state index in [0.717, 1.165) is 11.5 Å². The first-order valence-corrected chi connectivity index (χ1v) is 6.72. The molecule has 0 atom stereocenters. The summed E-state index contributed by atoms with van der Waals surface area (Å²) in [6, 6.07) is 7.17. The zero-order valence-corrected chi connectivity index (χ0v) is 11.8. The van der Waals surface area contributed by atoms with Crippen molar-refractivity contribution in [2.45, 2.75) is 32.7 Å². The van der Waals surface area contributed by atoms with Gasteiger partial charge in [0.25, 0.3) is 0 Å². The summed E-state index contributed by atoms with van der Waals surface area (Å²) in [6.45, 7) is 4.80. The van der Waals surface area contributed by atoms with Crippen LogP contribution in [0, 0.1) is 0 Å². The second-order valence-electron chi connectivity index (χ2n) is 5.06. The maximum absolute atomic E-state index is 11.9. The van der Waals surface area contributed by atoms with Crippen LogP contribution in [0.1, 0.15) is 32.0 Å². The lowest BCUT2D eigenvalue weighted by atomic mass is 10.2. The number of nitrogens with two attached hydrogens (primary N) is 1. The maximum Gasteiger partial charge on any atom is 0.226 e. The minimum Gasteiger partial charge on any atom is -0.399 e. The molecule has 1 aromatic carbocycles. The molecule has 5 nitrogen and oxygen atoms in total. The number of aromatic nitrogens is 2. The Hall–Kier alpha value is -2.30. The standard InChI is InChI=1S/C15H20N4O/c1-11(2)15-17-7-9-19(15)8-6-14(20)18-13-5-3-4-12(16)10-13/h3-5,7,9-11H,6,8,16H2,1-2H3,(H,18,20). The van der Waals surface area contributed by atoms with E-state index in [1.165, 1.54) is 0 Å². The summed E-state index contributed by atoms with van der Waals surface area (Å²) in [5, 5.41) is 2.84. The SMILES string of the molecule is CC(C)c1nccn1CCC(=O)Nc1cccc(N)c1. The molecule has 2 aromatic rings. The average molecular weight is 272 g/mol. The third kappa shape index (κ3) is 3.60. The van der Waals surface area contributed by atoms with E-state index in [9.17, 15) is 4.79 Å². The van der Waals surface area contributed by atoms with Crippen molar-refractivity contribution >= 4 is 17.3 Å². The number of benzene rings is 1. The molecule has 106 valence electrons. The minimum atomic E-state index is -0.0287. The highest BCUT2D eigenvalue weighted by molar-refractivity contribution is 5.91. The lowest BCUT2D eigenvalue weighted by molar-refractivity contribution is -0.116. The molecular weight excluding hydrogens is 252 g/mol. The minimum absolute atomic E-state index is 0.0287. The Labute approximate surface area is 118 Å². The highest BCUT2D eigenvalue weighted by Gasteiger charge is 2.09. The van der Waals surface area contributed by atoms with Crippen molar-refractivity contribution in [3.63, 3.8) is 0 Å². The van der Waals surface area contributed by atoms with Gasteiger partial charge in [-0.2, -0.15) is 0 Å². The molecule has 3 N–H and O–H groups in total. The fraction of sp³-hybridized carbons (Fsp3) is 0.333. The molecule has 5 heteroatoms. The first kappa shape index (κ1) is 14.1. The van der Waals surface area contributed by atoms with Crippen LogP contribution in [0.5, 0.6) is 0 Å². The predicted molar refractivity (Wildman–Crippen MR) is 80.4 cm³/mol. The van der Waals surface area contributed by atoms with E-state index >= 15 is 0 Å². The van der Waals surface area contributed by atoms with E-state index in [-0.39, 0.29) is 5.91 Å². The average Bonchev–Trinajstić information content (AvgIpc) is 2.85. The second kappa shape index (κ2) is 6.23. The number of nitrogens with one attached hydrogen (secondary N) is 1. The Morgan fingerprint density at radius 3 is 2.95 bits per heavy atom. The summed E-state index contributed by atoms with van der Waals surface area (Å²) < 4.78 is 2.02. The molecule has 1 heterocycles. The molecule has 0 aliphatic carbocycles. The lowest BCUT2D eigenvalue weighted by Crippen LogP contribution is -2.15. The van der Waals surface area contributed by atoms with Crippen molar-refractivity contribution in [3.8, 4) is 0 Å². The lowest BCUT2D eigenvalue weighted by Gasteiger charge is -2.10. The van der Waals surface area contributed by atoms with Crippen LogP contribution in [0.3, 0.4) is 0 Å². The van der Waals surface area contributed by atoms with E-state index in [1.54, 1.807) is 18.3 Å². The first-order chi connectivity index (χ1) is 9.56. The number of amides is 1. The number of aryl methyl sites for hydroxylation is 1. The van der Waals surface area contributed by atoms with Crippen LogP contribution < -0.4 is 11.1 Å². The van der Waals surface area contributed by atoms with E-state index in [0.29, 0.717) is 24.6 Å². The molecule has 20 heavy (non-hydrogen) atoms. The van der Waals surface area contributed by atoms with E-state index in [2.05, 4.69) is 24.1 Å². The van der Waals surface area contributed by atoms with Crippen molar-refractivity contribution in [2.75, 3.05) is 11.1 Å². The maximum atomic E-state index is 11.9. The second-order valence-corrected chi connectivity index (χ2v) is 5.06. The largest absolute Gasteiger partial charge is 0.399 e. The molecule has 1 aromatic heterocycles. The number of hydrogen-bond acceptors (Lipinski definition) is 3. The van der Waals surface area contributed by atoms with Gasteiger partial charge in [0.1, 0.15) is 5.82 Å². The van der Waals surface area contributed by atoms with Crippen LogP contribution in [0.2, 0.25) is 0 Å². The normalized spacial score (nSPS) is 10.8. The molecule has 0 saturated carbocycles. The number of imidazole rings is 1. The van der Waals surface area contributed by atoms with Crippen molar-refractivity contribution < 1.29 is 4.79 Å². The molecular formula is C15H20N4O. The predicted octanol–water partition coefficient (Wildman–Crippen LogP) is 2.62. The van der Waals surface area contributed by atoms with E-state index in [1.807, 2.05) is 22.9 Å². The topological polar surface area (TPSA) is 72.9 Å². The molecule has 2 rings (SSSR count). The number of carbonyl (C=O) groups excluding carboxylic acids is 1. The van der Waals surface area contributed by atoms with Crippen LogP contribution in [-0.4, -0.2) is 15.5 Å². The highest BCUT2D eigenvalue weighted by atomic mass is 16.1. The summed E-state index contributed by atoms with van der Waals surface area (Å²) >= 11 is 0. The highest BCUT2D eigenvalue weighted by Crippen LogP contribution is 2.14. The van der Waals surface area contributed by atoms with Crippen LogP contribution >= 0.6 is 0 Å². The Morgan fingerprint density at radius 1 is 1.45 bits per heavy atom. The van der Waals surface area contributed by atoms with Gasteiger partial charge in [0, 0.05) is 42.7 Å². The number of rotatable bonds is 5. The van der Waals surface area contributed by atoms with E-state index < -0.39 is 0 Å². The molecule has 0 aliphatic rings. The van der Waals surface area contributed by atoms with Gasteiger partial charge in [0.2, 0.25) is 5.91 Å². The Kier molecular flexibility index (Phi) is 4.40. The summed E-state index contributed by atoms with van der Waals surface area (Å²) in [6.07, 6.45) is 4.08. The molecule has 0 bridgehead atoms. The van der Waals surface area contributed by atoms with Crippen LogP contribution in [0.15, 0.2) is 36.7 Å². The van der Waals surface area contributed by atoms with Crippen LogP contribution in [0.25, 0.3) is 0 Å². The monoisotopic (exact) mass is 272 g/mol. The van der Waals surface area contributed by atoms with Gasteiger partial charge >= 0.3 is 0 Å². The molecule has 0 radical (unpaired) electrons. The molecule has 0 unspecified atom stereocenters. The fourth-order valence-corrected chi connectivity index (χ4v) is 2.07. The van der Waals surface area contributed by atoms with Gasteiger partial charge in [-0.3, -0.25) is 4.79 Å². The quantitative estimate of drug-likeness (QED) is 0.822. The summed E-state index contributed by atoms with van der Waals surface area (Å²) in [4.78, 5) is 16.2. The third-order valence-electron chi connectivity index (χ3n) is 3.01. The van der Waals surface area contributed by atoms with Gasteiger partial charge in [-0.15, -0.1) is 0 Å². The first-order valence-electron chi connectivity index (χ1n) is 6.72. The molecule has 0 spiro atoms. The van der Waals surface area contributed by atoms with Crippen molar-refractivity contribution in [2.24, 2.45) is 0 Å². The Balaban J connectivity index is 1.91. The number of carbonyl (C=O) groups is 1. The van der Waals surface area contributed by atoms with Gasteiger partial charge in [0.05, 0.1) is 0 Å². The summed E-state index contributed by atoms with van der Waals surface area (Å²) in [7, 11) is 0. The summed E-state index contributed by atoms with van der Waals surface area (Å²) in [5.74, 6) is 1.32. The number of hydrogen-bond donors (Lipinski definition) is 2. The van der Waals surface area contributed by atoms with Crippen molar-refractivity contribution in [1.29, 1.82) is 0 Å². The Bertz CT molecular complexity index is 589. The van der Waals surface area contributed by atoms with Crippen molar-refractivity contribution in [1.82, 2.24) is 9.55 Å². The zero-order valence-electron chi connectivity index (χ0n) is 11.8. The molecule has 0 aliphatic heterocycles. The van der Waals surface area contributed by atoms with Gasteiger partial charge < -0.3 is 15.6 Å². The van der Waals surface area contributed by atoms with Crippen LogP contribution in [0.4, 0.5) is 11.4 Å². The number of anilines is 2. The van der Waals surface area contributed by atoms with Gasteiger partial charge in [-0.05, 0) is 18.2 Å². The fourth-order valence-electron chi connectivity index (χ4n) is 2.07. The summed E-state index contributed by atoms with van der Waals surface area (Å²) in [5.41, 5.74) is 7.04. The zero-order chi connectivity index (χ0) is 14.5. The van der Waals surface area contributed by atoms with Gasteiger partial charge in [-0.25, -0.2) is 4.98 Å². The smallest absolute Gasteiger partial charge is 0.226 e. The number of nitrogens with zero attached hydrogens (tertiary/aromatic N) is 2.